The number of carbonyl (C=O) groups is 2. The smallest absolute Gasteiger partial charge is 0.337 e. The van der Waals surface area contributed by atoms with Crippen molar-refractivity contribution in [3.05, 3.63) is 28.8 Å². The van der Waals surface area contributed by atoms with Gasteiger partial charge in [-0.05, 0) is 24.6 Å². The number of nitrogens with one attached hydrogen (secondary N) is 1. The standard InChI is InChI=1S/C13H16ClNO3/c1-2-3-4-5-12(16)15-11-7-6-9(14)8-10(11)13(17)18/h6-8H,2-5H2,1H3,(H,15,16)(H,17,18). The molecule has 1 aromatic carbocycles. The summed E-state index contributed by atoms with van der Waals surface area (Å²) in [5.41, 5.74) is 0.291. The molecule has 0 bridgehead atoms. The molecule has 1 amide bonds. The van der Waals surface area contributed by atoms with Crippen molar-refractivity contribution < 1.29 is 14.7 Å². The summed E-state index contributed by atoms with van der Waals surface area (Å²) >= 11 is 5.72. The predicted molar refractivity (Wildman–Crippen MR) is 71.2 cm³/mol. The molecule has 0 unspecified atom stereocenters. The number of unbranched alkanes of at least 4 members (excludes halogenated alkanes) is 2. The summed E-state index contributed by atoms with van der Waals surface area (Å²) in [6.07, 6.45) is 3.22. The Hall–Kier alpha value is -1.55. The summed E-state index contributed by atoms with van der Waals surface area (Å²) in [7, 11) is 0. The first kappa shape index (κ1) is 14.5. The normalized spacial score (nSPS) is 10.1. The van der Waals surface area contributed by atoms with Crippen LogP contribution in [-0.2, 0) is 4.79 Å². The molecule has 4 nitrogen and oxygen atoms in total. The van der Waals surface area contributed by atoms with E-state index in [0.29, 0.717) is 11.4 Å². The van der Waals surface area contributed by atoms with Gasteiger partial charge >= 0.3 is 5.97 Å². The highest BCUT2D eigenvalue weighted by molar-refractivity contribution is 6.31. The second kappa shape index (κ2) is 7.01. The van der Waals surface area contributed by atoms with Gasteiger partial charge in [-0.2, -0.15) is 0 Å². The average molecular weight is 270 g/mol. The van der Waals surface area contributed by atoms with Crippen molar-refractivity contribution in [2.24, 2.45) is 0 Å². The number of anilines is 1. The number of rotatable bonds is 6. The van der Waals surface area contributed by atoms with Crippen LogP contribution in [0.15, 0.2) is 18.2 Å². The maximum atomic E-state index is 11.6. The summed E-state index contributed by atoms with van der Waals surface area (Å²) in [5, 5.41) is 11.9. The average Bonchev–Trinajstić information content (AvgIpc) is 2.31. The second-order valence-electron chi connectivity index (χ2n) is 4.00. The molecule has 0 aliphatic carbocycles. The van der Waals surface area contributed by atoms with Crippen LogP contribution in [0.5, 0.6) is 0 Å². The van der Waals surface area contributed by atoms with Crippen LogP contribution in [0.25, 0.3) is 0 Å². The van der Waals surface area contributed by atoms with Crippen molar-refractivity contribution in [3.8, 4) is 0 Å². The molecular weight excluding hydrogens is 254 g/mol. The molecule has 0 atom stereocenters. The maximum absolute atomic E-state index is 11.6. The maximum Gasteiger partial charge on any atom is 0.337 e. The molecule has 0 fully saturated rings. The summed E-state index contributed by atoms with van der Waals surface area (Å²) in [6, 6.07) is 4.38. The van der Waals surface area contributed by atoms with Crippen LogP contribution in [0.4, 0.5) is 5.69 Å². The lowest BCUT2D eigenvalue weighted by Gasteiger charge is -2.08. The van der Waals surface area contributed by atoms with E-state index in [-0.39, 0.29) is 17.2 Å². The van der Waals surface area contributed by atoms with Gasteiger partial charge in [-0.15, -0.1) is 0 Å². The lowest BCUT2D eigenvalue weighted by molar-refractivity contribution is -0.116. The zero-order valence-corrected chi connectivity index (χ0v) is 11.0. The van der Waals surface area contributed by atoms with Gasteiger partial charge in [0.1, 0.15) is 0 Å². The van der Waals surface area contributed by atoms with Crippen LogP contribution < -0.4 is 5.32 Å². The van der Waals surface area contributed by atoms with E-state index in [4.69, 9.17) is 16.7 Å². The number of carboxylic acid groups (broad SMARTS) is 1. The third-order valence-electron chi connectivity index (χ3n) is 2.49. The molecular formula is C13H16ClNO3. The number of carbonyl (C=O) groups excluding carboxylic acids is 1. The van der Waals surface area contributed by atoms with Crippen molar-refractivity contribution in [1.29, 1.82) is 0 Å². The highest BCUT2D eigenvalue weighted by Crippen LogP contribution is 2.21. The highest BCUT2D eigenvalue weighted by atomic mass is 35.5. The number of hydrogen-bond donors (Lipinski definition) is 2. The summed E-state index contributed by atoms with van der Waals surface area (Å²) < 4.78 is 0. The number of benzene rings is 1. The van der Waals surface area contributed by atoms with Crippen molar-refractivity contribution in [2.45, 2.75) is 32.6 Å². The van der Waals surface area contributed by atoms with E-state index in [9.17, 15) is 9.59 Å². The second-order valence-corrected chi connectivity index (χ2v) is 4.44. The summed E-state index contributed by atoms with van der Waals surface area (Å²) in [4.78, 5) is 22.6. The van der Waals surface area contributed by atoms with E-state index in [1.165, 1.54) is 12.1 Å². The number of carboxylic acids is 1. The van der Waals surface area contributed by atoms with E-state index in [2.05, 4.69) is 12.2 Å². The molecule has 98 valence electrons. The molecule has 18 heavy (non-hydrogen) atoms. The van der Waals surface area contributed by atoms with Gasteiger partial charge in [0.05, 0.1) is 11.3 Å². The van der Waals surface area contributed by atoms with Gasteiger partial charge in [-0.25, -0.2) is 4.79 Å². The molecule has 2 N–H and O–H groups in total. The first-order valence-electron chi connectivity index (χ1n) is 5.87. The Labute approximate surface area is 111 Å². The van der Waals surface area contributed by atoms with Crippen LogP contribution in [0.1, 0.15) is 43.0 Å². The van der Waals surface area contributed by atoms with Crippen LogP contribution in [-0.4, -0.2) is 17.0 Å². The number of hydrogen-bond acceptors (Lipinski definition) is 2. The number of amides is 1. The first-order chi connectivity index (χ1) is 8.54. The van der Waals surface area contributed by atoms with Gasteiger partial charge in [-0.1, -0.05) is 31.4 Å². The van der Waals surface area contributed by atoms with Gasteiger partial charge < -0.3 is 10.4 Å². The van der Waals surface area contributed by atoms with E-state index < -0.39 is 5.97 Å². The third-order valence-corrected chi connectivity index (χ3v) is 2.73. The molecule has 0 aromatic heterocycles. The highest BCUT2D eigenvalue weighted by Gasteiger charge is 2.12. The first-order valence-corrected chi connectivity index (χ1v) is 6.25. The minimum absolute atomic E-state index is 0.00587. The molecule has 0 heterocycles. The SMILES string of the molecule is CCCCCC(=O)Nc1ccc(Cl)cc1C(=O)O. The Kier molecular flexibility index (Phi) is 5.65. The van der Waals surface area contributed by atoms with Gasteiger partial charge in [0.2, 0.25) is 5.91 Å². The molecule has 0 saturated heterocycles. The van der Waals surface area contributed by atoms with Crippen LogP contribution in [0, 0.1) is 0 Å². The largest absolute Gasteiger partial charge is 0.478 e. The van der Waals surface area contributed by atoms with Crippen LogP contribution in [0.2, 0.25) is 5.02 Å². The third kappa shape index (κ3) is 4.37. The Morgan fingerprint density at radius 3 is 2.67 bits per heavy atom. The predicted octanol–water partition coefficient (Wildman–Crippen LogP) is 3.56. The lowest BCUT2D eigenvalue weighted by Crippen LogP contribution is -2.14. The number of halogens is 1. The molecule has 0 radical (unpaired) electrons. The summed E-state index contributed by atoms with van der Waals surface area (Å²) in [5.74, 6) is -1.28. The fourth-order valence-electron chi connectivity index (χ4n) is 1.55. The topological polar surface area (TPSA) is 66.4 Å². The fourth-order valence-corrected chi connectivity index (χ4v) is 1.72. The number of aromatic carboxylic acids is 1. The van der Waals surface area contributed by atoms with Crippen LogP contribution >= 0.6 is 11.6 Å². The molecule has 1 aromatic rings. The van der Waals surface area contributed by atoms with Crippen molar-refractivity contribution in [2.75, 3.05) is 5.32 Å². The molecule has 1 rings (SSSR count). The molecule has 0 spiro atoms. The quantitative estimate of drug-likeness (QED) is 0.776. The van der Waals surface area contributed by atoms with Gasteiger partial charge in [-0.3, -0.25) is 4.79 Å². The Bertz CT molecular complexity index is 446. The summed E-state index contributed by atoms with van der Waals surface area (Å²) in [6.45, 7) is 2.06. The van der Waals surface area contributed by atoms with Crippen LogP contribution in [0.3, 0.4) is 0 Å². The molecule has 0 saturated carbocycles. The fraction of sp³-hybridized carbons (Fsp3) is 0.385. The Morgan fingerprint density at radius 1 is 1.33 bits per heavy atom. The Balaban J connectivity index is 2.72. The monoisotopic (exact) mass is 269 g/mol. The Morgan fingerprint density at radius 2 is 2.06 bits per heavy atom. The zero-order chi connectivity index (χ0) is 13.5. The minimum Gasteiger partial charge on any atom is -0.478 e. The zero-order valence-electron chi connectivity index (χ0n) is 10.2. The van der Waals surface area contributed by atoms with Gasteiger partial charge in [0.15, 0.2) is 0 Å². The van der Waals surface area contributed by atoms with E-state index in [1.807, 2.05) is 0 Å². The van der Waals surface area contributed by atoms with E-state index in [0.717, 1.165) is 19.3 Å². The van der Waals surface area contributed by atoms with E-state index >= 15 is 0 Å². The van der Waals surface area contributed by atoms with Crippen molar-refractivity contribution in [3.63, 3.8) is 0 Å². The van der Waals surface area contributed by atoms with Crippen molar-refractivity contribution in [1.82, 2.24) is 0 Å². The minimum atomic E-state index is -1.11. The lowest BCUT2D eigenvalue weighted by atomic mass is 10.1. The van der Waals surface area contributed by atoms with Crippen molar-refractivity contribution >= 4 is 29.2 Å². The molecule has 5 heteroatoms. The molecule has 0 aliphatic rings. The van der Waals surface area contributed by atoms with Gasteiger partial charge in [0, 0.05) is 11.4 Å². The van der Waals surface area contributed by atoms with E-state index in [1.54, 1.807) is 6.07 Å². The van der Waals surface area contributed by atoms with Gasteiger partial charge in [0.25, 0.3) is 0 Å². The molecule has 0 aliphatic heterocycles.